The first-order chi connectivity index (χ1) is 8.27. The zero-order chi connectivity index (χ0) is 12.5. The lowest BCUT2D eigenvalue weighted by molar-refractivity contribution is -0.116. The van der Waals surface area contributed by atoms with Crippen molar-refractivity contribution in [2.75, 3.05) is 5.32 Å². The summed E-state index contributed by atoms with van der Waals surface area (Å²) in [6.07, 6.45) is 4.30. The standard InChI is InChI=1S/C13H17N3O/c1-2-3-8-13(17)16-12-7-5-4-6-11(12)9-15-10-14/h4-7,15H,2-3,8-9H2,1H3,(H,16,17). The van der Waals surface area contributed by atoms with Crippen LogP contribution in [0.4, 0.5) is 5.69 Å². The van der Waals surface area contributed by atoms with Gasteiger partial charge in [0.1, 0.15) is 0 Å². The van der Waals surface area contributed by atoms with Gasteiger partial charge in [-0.05, 0) is 18.1 Å². The summed E-state index contributed by atoms with van der Waals surface area (Å²) in [7, 11) is 0. The second-order valence-electron chi connectivity index (χ2n) is 3.77. The molecule has 1 aromatic rings. The molecule has 0 unspecified atom stereocenters. The summed E-state index contributed by atoms with van der Waals surface area (Å²) in [6.45, 7) is 2.48. The maximum Gasteiger partial charge on any atom is 0.224 e. The largest absolute Gasteiger partial charge is 0.326 e. The van der Waals surface area contributed by atoms with Gasteiger partial charge in [-0.3, -0.25) is 4.79 Å². The van der Waals surface area contributed by atoms with Gasteiger partial charge >= 0.3 is 0 Å². The Balaban J connectivity index is 2.63. The van der Waals surface area contributed by atoms with E-state index >= 15 is 0 Å². The van der Waals surface area contributed by atoms with Crippen LogP contribution in [-0.4, -0.2) is 5.91 Å². The number of anilines is 1. The van der Waals surface area contributed by atoms with Crippen molar-refractivity contribution in [2.24, 2.45) is 0 Å². The van der Waals surface area contributed by atoms with Crippen LogP contribution >= 0.6 is 0 Å². The molecule has 0 heterocycles. The molecule has 0 aromatic heterocycles. The molecule has 0 saturated carbocycles. The van der Waals surface area contributed by atoms with Crippen LogP contribution in [0, 0.1) is 11.5 Å². The normalized spacial score (nSPS) is 9.41. The maximum atomic E-state index is 11.6. The molecule has 0 aliphatic rings. The van der Waals surface area contributed by atoms with E-state index in [1.165, 1.54) is 0 Å². The van der Waals surface area contributed by atoms with Crippen molar-refractivity contribution < 1.29 is 4.79 Å². The molecular formula is C13H17N3O. The average molecular weight is 231 g/mol. The lowest BCUT2D eigenvalue weighted by Gasteiger charge is -2.10. The fraction of sp³-hybridized carbons (Fsp3) is 0.385. The first kappa shape index (κ1) is 13.0. The average Bonchev–Trinajstić information content (AvgIpc) is 2.35. The molecule has 90 valence electrons. The molecule has 0 bridgehead atoms. The highest BCUT2D eigenvalue weighted by Gasteiger charge is 2.05. The molecule has 0 saturated heterocycles. The second-order valence-corrected chi connectivity index (χ2v) is 3.77. The van der Waals surface area contributed by atoms with Crippen LogP contribution in [-0.2, 0) is 11.3 Å². The van der Waals surface area contributed by atoms with Crippen LogP contribution in [0.3, 0.4) is 0 Å². The van der Waals surface area contributed by atoms with Crippen LogP contribution in [0.2, 0.25) is 0 Å². The van der Waals surface area contributed by atoms with Crippen molar-refractivity contribution in [2.45, 2.75) is 32.7 Å². The molecule has 2 N–H and O–H groups in total. The highest BCUT2D eigenvalue weighted by molar-refractivity contribution is 5.91. The van der Waals surface area contributed by atoms with Crippen molar-refractivity contribution >= 4 is 11.6 Å². The van der Waals surface area contributed by atoms with E-state index in [-0.39, 0.29) is 5.91 Å². The molecule has 0 fully saturated rings. The SMILES string of the molecule is CCCCC(=O)Nc1ccccc1CNC#N. The van der Waals surface area contributed by atoms with E-state index in [9.17, 15) is 4.79 Å². The Morgan fingerprint density at radius 2 is 2.18 bits per heavy atom. The van der Waals surface area contributed by atoms with Gasteiger partial charge in [0.25, 0.3) is 0 Å². The molecule has 0 radical (unpaired) electrons. The summed E-state index contributed by atoms with van der Waals surface area (Å²) in [5.41, 5.74) is 1.69. The number of nitrogens with one attached hydrogen (secondary N) is 2. The summed E-state index contributed by atoms with van der Waals surface area (Å²) < 4.78 is 0. The molecule has 0 spiro atoms. The minimum atomic E-state index is 0.0243. The van der Waals surface area contributed by atoms with Gasteiger partial charge < -0.3 is 10.6 Å². The fourth-order valence-corrected chi connectivity index (χ4v) is 1.48. The third-order valence-electron chi connectivity index (χ3n) is 2.41. The molecule has 4 nitrogen and oxygen atoms in total. The number of nitriles is 1. The quantitative estimate of drug-likeness (QED) is 0.583. The Morgan fingerprint density at radius 3 is 2.88 bits per heavy atom. The molecular weight excluding hydrogens is 214 g/mol. The third-order valence-corrected chi connectivity index (χ3v) is 2.41. The van der Waals surface area contributed by atoms with Gasteiger partial charge in [0, 0.05) is 12.1 Å². The number of hydrogen-bond acceptors (Lipinski definition) is 3. The van der Waals surface area contributed by atoms with E-state index in [4.69, 9.17) is 5.26 Å². The number of rotatable bonds is 6. The summed E-state index contributed by atoms with van der Waals surface area (Å²) in [4.78, 5) is 11.6. The molecule has 4 heteroatoms. The van der Waals surface area contributed by atoms with E-state index in [0.29, 0.717) is 13.0 Å². The van der Waals surface area contributed by atoms with Gasteiger partial charge in [-0.25, -0.2) is 0 Å². The monoisotopic (exact) mass is 231 g/mol. The van der Waals surface area contributed by atoms with Crippen molar-refractivity contribution in [1.29, 1.82) is 5.26 Å². The van der Waals surface area contributed by atoms with Gasteiger partial charge in [-0.15, -0.1) is 0 Å². The predicted octanol–water partition coefficient (Wildman–Crippen LogP) is 2.39. The second kappa shape index (κ2) is 7.29. The number of para-hydroxylation sites is 1. The first-order valence-electron chi connectivity index (χ1n) is 5.77. The van der Waals surface area contributed by atoms with Gasteiger partial charge in [-0.1, -0.05) is 31.5 Å². The number of carbonyl (C=O) groups excluding carboxylic acids is 1. The summed E-state index contributed by atoms with van der Waals surface area (Å²) >= 11 is 0. The Hall–Kier alpha value is -2.02. The molecule has 17 heavy (non-hydrogen) atoms. The minimum Gasteiger partial charge on any atom is -0.326 e. The smallest absolute Gasteiger partial charge is 0.224 e. The van der Waals surface area contributed by atoms with Gasteiger partial charge in [0.2, 0.25) is 5.91 Å². The topological polar surface area (TPSA) is 64.9 Å². The van der Waals surface area contributed by atoms with Gasteiger partial charge in [0.15, 0.2) is 6.19 Å². The predicted molar refractivity (Wildman–Crippen MR) is 67.0 cm³/mol. The zero-order valence-electron chi connectivity index (χ0n) is 9.99. The summed E-state index contributed by atoms with van der Waals surface area (Å²) in [5, 5.41) is 13.9. The first-order valence-corrected chi connectivity index (χ1v) is 5.77. The lowest BCUT2D eigenvalue weighted by atomic mass is 10.1. The van der Waals surface area contributed by atoms with E-state index < -0.39 is 0 Å². The number of nitrogens with zero attached hydrogens (tertiary/aromatic N) is 1. The molecule has 0 atom stereocenters. The van der Waals surface area contributed by atoms with Crippen LogP contribution in [0.15, 0.2) is 24.3 Å². The van der Waals surface area contributed by atoms with Crippen LogP contribution in [0.1, 0.15) is 31.7 Å². The fourth-order valence-electron chi connectivity index (χ4n) is 1.48. The Kier molecular flexibility index (Phi) is 5.59. The number of hydrogen-bond donors (Lipinski definition) is 2. The lowest BCUT2D eigenvalue weighted by Crippen LogP contribution is -2.14. The Morgan fingerprint density at radius 1 is 1.41 bits per heavy atom. The Bertz CT molecular complexity index is 409. The molecule has 1 rings (SSSR count). The Labute approximate surface area is 102 Å². The van der Waals surface area contributed by atoms with Crippen LogP contribution < -0.4 is 10.6 Å². The van der Waals surface area contributed by atoms with Gasteiger partial charge in [0.05, 0.1) is 6.54 Å². The molecule has 1 amide bonds. The molecule has 1 aromatic carbocycles. The molecule has 0 aliphatic carbocycles. The third kappa shape index (κ3) is 4.56. The highest BCUT2D eigenvalue weighted by Crippen LogP contribution is 2.15. The van der Waals surface area contributed by atoms with Crippen molar-refractivity contribution in [1.82, 2.24) is 5.32 Å². The maximum absolute atomic E-state index is 11.6. The van der Waals surface area contributed by atoms with E-state index in [2.05, 4.69) is 17.6 Å². The van der Waals surface area contributed by atoms with Crippen LogP contribution in [0.25, 0.3) is 0 Å². The highest BCUT2D eigenvalue weighted by atomic mass is 16.1. The number of unbranched alkanes of at least 4 members (excludes halogenated alkanes) is 1. The van der Waals surface area contributed by atoms with Gasteiger partial charge in [-0.2, -0.15) is 5.26 Å². The minimum absolute atomic E-state index is 0.0243. The summed E-state index contributed by atoms with van der Waals surface area (Å²) in [5.74, 6) is 0.0243. The van der Waals surface area contributed by atoms with E-state index in [1.54, 1.807) is 0 Å². The summed E-state index contributed by atoms with van der Waals surface area (Å²) in [6, 6.07) is 7.49. The number of carbonyl (C=O) groups is 1. The van der Waals surface area contributed by atoms with Crippen molar-refractivity contribution in [3.8, 4) is 6.19 Å². The number of amides is 1. The van der Waals surface area contributed by atoms with E-state index in [1.807, 2.05) is 30.5 Å². The van der Waals surface area contributed by atoms with E-state index in [0.717, 1.165) is 24.1 Å². The number of benzene rings is 1. The zero-order valence-corrected chi connectivity index (χ0v) is 9.99. The van der Waals surface area contributed by atoms with Crippen molar-refractivity contribution in [3.63, 3.8) is 0 Å². The van der Waals surface area contributed by atoms with Crippen molar-refractivity contribution in [3.05, 3.63) is 29.8 Å². The van der Waals surface area contributed by atoms with Crippen LogP contribution in [0.5, 0.6) is 0 Å². The molecule has 0 aliphatic heterocycles.